The minimum Gasteiger partial charge on any atom is -0.495 e. The largest absolute Gasteiger partial charge is 0.495 e. The molecule has 1 amide bonds. The van der Waals surface area contributed by atoms with Crippen molar-refractivity contribution in [3.63, 3.8) is 0 Å². The molecule has 0 aliphatic carbocycles. The molecule has 2 aromatic carbocycles. The molecule has 1 aliphatic rings. The van der Waals surface area contributed by atoms with Gasteiger partial charge in [0.1, 0.15) is 5.75 Å². The molecule has 0 bridgehead atoms. The van der Waals surface area contributed by atoms with Crippen LogP contribution in [0.5, 0.6) is 5.75 Å². The van der Waals surface area contributed by atoms with Gasteiger partial charge in [-0.2, -0.15) is 4.31 Å². The first-order valence-corrected chi connectivity index (χ1v) is 12.2. The van der Waals surface area contributed by atoms with Crippen molar-refractivity contribution in [2.24, 2.45) is 5.92 Å². The summed E-state index contributed by atoms with van der Waals surface area (Å²) in [6.45, 7) is 6.75. The van der Waals surface area contributed by atoms with Gasteiger partial charge in [0.25, 0.3) is 0 Å². The van der Waals surface area contributed by atoms with Gasteiger partial charge in [-0.3, -0.25) is 4.79 Å². The first-order chi connectivity index (χ1) is 14.6. The molecule has 6 nitrogen and oxygen atoms in total. The van der Waals surface area contributed by atoms with Crippen LogP contribution in [0.3, 0.4) is 0 Å². The zero-order valence-corrected chi connectivity index (χ0v) is 19.9. The average Bonchev–Trinajstić information content (AvgIpc) is 2.74. The number of nitrogens with one attached hydrogen (secondary N) is 1. The second-order valence-corrected chi connectivity index (χ2v) is 10.5. The third-order valence-electron chi connectivity index (χ3n) is 5.76. The minimum atomic E-state index is -3.68. The van der Waals surface area contributed by atoms with Crippen molar-refractivity contribution in [1.82, 2.24) is 4.31 Å². The molecular weight excluding hydrogens is 436 g/mol. The molecule has 1 saturated heterocycles. The summed E-state index contributed by atoms with van der Waals surface area (Å²) < 4.78 is 32.5. The van der Waals surface area contributed by atoms with Crippen molar-refractivity contribution in [3.8, 4) is 5.75 Å². The molecule has 8 heteroatoms. The van der Waals surface area contributed by atoms with Gasteiger partial charge in [0.15, 0.2) is 0 Å². The molecule has 1 heterocycles. The molecule has 31 heavy (non-hydrogen) atoms. The Bertz CT molecular complexity index is 1060. The van der Waals surface area contributed by atoms with Gasteiger partial charge in [0.05, 0.1) is 17.0 Å². The van der Waals surface area contributed by atoms with E-state index in [1.165, 1.54) is 23.5 Å². The number of ether oxygens (including phenoxy) is 1. The van der Waals surface area contributed by atoms with Crippen molar-refractivity contribution in [1.29, 1.82) is 0 Å². The number of hydrogen-bond acceptors (Lipinski definition) is 4. The lowest BCUT2D eigenvalue weighted by atomic mass is 9.95. The highest BCUT2D eigenvalue weighted by atomic mass is 35.5. The van der Waals surface area contributed by atoms with Gasteiger partial charge in [-0.1, -0.05) is 43.6 Å². The molecule has 0 spiro atoms. The number of para-hydroxylation sites is 1. The number of aryl methyl sites for hydroxylation is 1. The summed E-state index contributed by atoms with van der Waals surface area (Å²) in [6, 6.07) is 10.4. The zero-order valence-electron chi connectivity index (χ0n) is 18.3. The number of carbonyl (C=O) groups is 1. The highest BCUT2D eigenvalue weighted by molar-refractivity contribution is 7.89. The summed E-state index contributed by atoms with van der Waals surface area (Å²) in [5, 5.41) is 3.34. The second-order valence-electron chi connectivity index (χ2n) is 8.16. The van der Waals surface area contributed by atoms with E-state index >= 15 is 0 Å². The van der Waals surface area contributed by atoms with Crippen LogP contribution in [0.2, 0.25) is 5.02 Å². The van der Waals surface area contributed by atoms with Crippen LogP contribution in [0.1, 0.15) is 43.7 Å². The number of amides is 1. The summed E-state index contributed by atoms with van der Waals surface area (Å²) in [6.07, 6.45) is 0.940. The first-order valence-electron chi connectivity index (χ1n) is 10.4. The van der Waals surface area contributed by atoms with Gasteiger partial charge in [-0.05, 0) is 55.0 Å². The molecular formula is C23H29ClN2O4S. The molecule has 1 N–H and O–H groups in total. The Morgan fingerprint density at radius 2 is 1.87 bits per heavy atom. The van der Waals surface area contributed by atoms with Crippen LogP contribution in [0.4, 0.5) is 5.69 Å². The fraction of sp³-hybridized carbons (Fsp3) is 0.435. The van der Waals surface area contributed by atoms with Gasteiger partial charge in [-0.15, -0.1) is 0 Å². The Morgan fingerprint density at radius 1 is 1.19 bits per heavy atom. The lowest BCUT2D eigenvalue weighted by Crippen LogP contribution is -2.41. The molecule has 1 aliphatic heterocycles. The van der Waals surface area contributed by atoms with E-state index in [9.17, 15) is 13.2 Å². The number of hydrogen-bond donors (Lipinski definition) is 1. The molecule has 2 aromatic rings. The molecule has 0 radical (unpaired) electrons. The zero-order chi connectivity index (χ0) is 22.8. The average molecular weight is 465 g/mol. The Hall–Kier alpha value is -2.09. The van der Waals surface area contributed by atoms with Crippen LogP contribution in [0.15, 0.2) is 41.3 Å². The Balaban J connectivity index is 1.68. The van der Waals surface area contributed by atoms with Crippen LogP contribution < -0.4 is 10.1 Å². The lowest BCUT2D eigenvalue weighted by Gasteiger charge is -2.31. The van der Waals surface area contributed by atoms with Gasteiger partial charge < -0.3 is 10.1 Å². The van der Waals surface area contributed by atoms with E-state index in [0.717, 1.165) is 16.8 Å². The molecule has 168 valence electrons. The fourth-order valence-electron chi connectivity index (χ4n) is 3.88. The van der Waals surface area contributed by atoms with Gasteiger partial charge in [0, 0.05) is 24.7 Å². The van der Waals surface area contributed by atoms with Crippen molar-refractivity contribution in [2.45, 2.75) is 44.4 Å². The van der Waals surface area contributed by atoms with E-state index in [1.54, 1.807) is 6.07 Å². The van der Waals surface area contributed by atoms with Crippen LogP contribution in [-0.2, 0) is 14.8 Å². The van der Waals surface area contributed by atoms with Crippen molar-refractivity contribution >= 4 is 33.2 Å². The smallest absolute Gasteiger partial charge is 0.243 e. The molecule has 0 atom stereocenters. The van der Waals surface area contributed by atoms with Crippen LogP contribution >= 0.6 is 11.6 Å². The molecule has 0 saturated carbocycles. The molecule has 3 rings (SSSR count). The van der Waals surface area contributed by atoms with Crippen molar-refractivity contribution < 1.29 is 17.9 Å². The maximum Gasteiger partial charge on any atom is 0.243 e. The topological polar surface area (TPSA) is 75.7 Å². The summed E-state index contributed by atoms with van der Waals surface area (Å²) >= 11 is 6.10. The summed E-state index contributed by atoms with van der Waals surface area (Å²) in [4.78, 5) is 13.1. The number of nitrogens with zero attached hydrogens (tertiary/aromatic N) is 1. The third-order valence-corrected chi connectivity index (χ3v) is 7.95. The standard InChI is InChI=1S/C23H29ClN2O4S/c1-15(2)19-7-5-6-16(3)22(19)25-23(27)17-10-12-26(13-11-17)31(28,29)18-8-9-21(30-4)20(24)14-18/h5-9,14-15,17H,10-13H2,1-4H3,(H,25,27). The number of methoxy groups -OCH3 is 1. The fourth-order valence-corrected chi connectivity index (χ4v) is 5.70. The predicted octanol–water partition coefficient (Wildman–Crippen LogP) is 4.82. The van der Waals surface area contributed by atoms with E-state index in [1.807, 2.05) is 25.1 Å². The van der Waals surface area contributed by atoms with Gasteiger partial charge in [0.2, 0.25) is 15.9 Å². The van der Waals surface area contributed by atoms with Crippen LogP contribution in [0, 0.1) is 12.8 Å². The molecule has 0 unspecified atom stereocenters. The second kappa shape index (κ2) is 9.59. The maximum absolute atomic E-state index is 13.0. The SMILES string of the molecule is COc1ccc(S(=O)(=O)N2CCC(C(=O)Nc3c(C)cccc3C(C)C)CC2)cc1Cl. The number of sulfonamides is 1. The van der Waals surface area contributed by atoms with Gasteiger partial charge >= 0.3 is 0 Å². The summed E-state index contributed by atoms with van der Waals surface area (Å²) in [5.41, 5.74) is 2.99. The van der Waals surface area contributed by atoms with E-state index in [-0.39, 0.29) is 34.8 Å². The van der Waals surface area contributed by atoms with Crippen molar-refractivity contribution in [2.75, 3.05) is 25.5 Å². The Kier molecular flexibility index (Phi) is 7.29. The predicted molar refractivity (Wildman–Crippen MR) is 123 cm³/mol. The Morgan fingerprint density at radius 3 is 2.45 bits per heavy atom. The highest BCUT2D eigenvalue weighted by Crippen LogP contribution is 2.32. The maximum atomic E-state index is 13.0. The quantitative estimate of drug-likeness (QED) is 0.664. The number of carbonyl (C=O) groups excluding carboxylic acids is 1. The third kappa shape index (κ3) is 5.05. The Labute approximate surface area is 189 Å². The first kappa shape index (κ1) is 23.6. The molecule has 1 fully saturated rings. The summed E-state index contributed by atoms with van der Waals surface area (Å²) in [5.74, 6) is 0.428. The lowest BCUT2D eigenvalue weighted by molar-refractivity contribution is -0.120. The van der Waals surface area contributed by atoms with E-state index in [2.05, 4.69) is 19.2 Å². The number of halogens is 1. The monoisotopic (exact) mass is 464 g/mol. The minimum absolute atomic E-state index is 0.0549. The number of rotatable bonds is 6. The van der Waals surface area contributed by atoms with E-state index < -0.39 is 10.0 Å². The van der Waals surface area contributed by atoms with Crippen LogP contribution in [-0.4, -0.2) is 38.8 Å². The number of piperidine rings is 1. The summed E-state index contributed by atoms with van der Waals surface area (Å²) in [7, 11) is -2.20. The number of benzene rings is 2. The normalized spacial score (nSPS) is 15.8. The number of anilines is 1. The highest BCUT2D eigenvalue weighted by Gasteiger charge is 2.32. The molecule has 0 aromatic heterocycles. The van der Waals surface area contributed by atoms with Gasteiger partial charge in [-0.25, -0.2) is 8.42 Å². The van der Waals surface area contributed by atoms with Crippen LogP contribution in [0.25, 0.3) is 0 Å². The van der Waals surface area contributed by atoms with E-state index in [4.69, 9.17) is 16.3 Å². The van der Waals surface area contributed by atoms with E-state index in [0.29, 0.717) is 24.5 Å². The van der Waals surface area contributed by atoms with Crippen molar-refractivity contribution in [3.05, 3.63) is 52.5 Å².